The fraction of sp³-hybridized carbons (Fsp3) is 0.346. The Morgan fingerprint density at radius 3 is 2.76 bits per heavy atom. The van der Waals surface area contributed by atoms with Crippen LogP contribution in [-0.4, -0.2) is 66.7 Å². The summed E-state index contributed by atoms with van der Waals surface area (Å²) in [5, 5.41) is 0.843. The van der Waals surface area contributed by atoms with Crippen molar-refractivity contribution in [3.05, 3.63) is 71.4 Å². The monoisotopic (exact) mass is 484 g/mol. The van der Waals surface area contributed by atoms with Gasteiger partial charge in [-0.05, 0) is 43.8 Å². The number of likely N-dealkylation sites (N-methyl/N-ethyl adjacent to an activating group) is 1. The molecule has 4 heterocycles. The van der Waals surface area contributed by atoms with Gasteiger partial charge in [-0.1, -0.05) is 6.58 Å². The SMILES string of the molecule is C=C(/C=C(F)\C=C(\F)COC)c1c[nH]c2ncc(-c3ccc(C(C)N4CCN(C)CC4)s3)cc12. The lowest BCUT2D eigenvalue weighted by molar-refractivity contribution is 0.120. The fourth-order valence-corrected chi connectivity index (χ4v) is 5.22. The van der Waals surface area contributed by atoms with Crippen molar-refractivity contribution in [1.82, 2.24) is 19.8 Å². The highest BCUT2D eigenvalue weighted by Gasteiger charge is 2.22. The predicted octanol–water partition coefficient (Wildman–Crippen LogP) is 5.97. The number of fused-ring (bicyclic) bond motifs is 1. The van der Waals surface area contributed by atoms with Crippen molar-refractivity contribution in [2.45, 2.75) is 13.0 Å². The quantitative estimate of drug-likeness (QED) is 0.400. The number of hydrogen-bond acceptors (Lipinski definition) is 5. The summed E-state index contributed by atoms with van der Waals surface area (Å²) in [4.78, 5) is 15.0. The van der Waals surface area contributed by atoms with E-state index in [1.165, 1.54) is 18.1 Å². The first-order valence-corrected chi connectivity index (χ1v) is 12.1. The van der Waals surface area contributed by atoms with Crippen molar-refractivity contribution >= 4 is 27.9 Å². The molecule has 1 unspecified atom stereocenters. The van der Waals surface area contributed by atoms with Gasteiger partial charge in [0.1, 0.15) is 17.3 Å². The standard InChI is InChI=1S/C26H30F2N4OS/c1-17(11-20(27)13-21(28)16-33-4)23-15-30-26-22(23)12-19(14-29-26)25-6-5-24(34-25)18(2)32-9-7-31(3)8-10-32/h5-6,11-15,18H,1,7-10,16H2,2-4H3,(H,29,30)/b20-11+,21-13+. The minimum atomic E-state index is -0.723. The van der Waals surface area contributed by atoms with Gasteiger partial charge in [0.15, 0.2) is 0 Å². The lowest BCUT2D eigenvalue weighted by atomic mass is 10.1. The molecule has 1 aliphatic heterocycles. The summed E-state index contributed by atoms with van der Waals surface area (Å²) in [6.07, 6.45) is 5.62. The second kappa shape index (κ2) is 10.7. The van der Waals surface area contributed by atoms with Crippen LogP contribution in [0.5, 0.6) is 0 Å². The number of ether oxygens (including phenoxy) is 1. The number of nitrogens with one attached hydrogen (secondary N) is 1. The smallest absolute Gasteiger partial charge is 0.137 e. The Morgan fingerprint density at radius 2 is 2.03 bits per heavy atom. The molecule has 4 rings (SSSR count). The Hall–Kier alpha value is -2.65. The zero-order chi connectivity index (χ0) is 24.2. The molecule has 8 heteroatoms. The first-order valence-electron chi connectivity index (χ1n) is 11.3. The van der Waals surface area contributed by atoms with E-state index in [2.05, 4.69) is 57.2 Å². The van der Waals surface area contributed by atoms with E-state index in [1.54, 1.807) is 17.5 Å². The molecule has 34 heavy (non-hydrogen) atoms. The van der Waals surface area contributed by atoms with Crippen LogP contribution in [0.4, 0.5) is 8.78 Å². The van der Waals surface area contributed by atoms with Gasteiger partial charge in [0.25, 0.3) is 0 Å². The van der Waals surface area contributed by atoms with Crippen LogP contribution < -0.4 is 0 Å². The molecule has 1 aliphatic rings. The van der Waals surface area contributed by atoms with Crippen LogP contribution in [0, 0.1) is 0 Å². The molecule has 0 radical (unpaired) electrons. The molecule has 1 N–H and O–H groups in total. The molecule has 0 aliphatic carbocycles. The molecule has 0 aromatic carbocycles. The van der Waals surface area contributed by atoms with Crippen LogP contribution in [0.2, 0.25) is 0 Å². The summed E-state index contributed by atoms with van der Waals surface area (Å²) >= 11 is 1.77. The largest absolute Gasteiger partial charge is 0.378 e. The molecule has 180 valence electrons. The maximum Gasteiger partial charge on any atom is 0.137 e. The van der Waals surface area contributed by atoms with E-state index in [9.17, 15) is 8.78 Å². The molecule has 1 atom stereocenters. The number of pyridine rings is 1. The van der Waals surface area contributed by atoms with E-state index in [4.69, 9.17) is 0 Å². The van der Waals surface area contributed by atoms with Crippen molar-refractivity contribution in [2.24, 2.45) is 0 Å². The third-order valence-electron chi connectivity index (χ3n) is 6.17. The molecule has 0 spiro atoms. The zero-order valence-electron chi connectivity index (χ0n) is 19.8. The van der Waals surface area contributed by atoms with E-state index in [-0.39, 0.29) is 6.61 Å². The maximum absolute atomic E-state index is 14.2. The molecule has 5 nitrogen and oxygen atoms in total. The van der Waals surface area contributed by atoms with Crippen LogP contribution in [-0.2, 0) is 4.74 Å². The van der Waals surface area contributed by atoms with Gasteiger partial charge in [-0.3, -0.25) is 4.90 Å². The number of aromatic nitrogens is 2. The van der Waals surface area contributed by atoms with Crippen molar-refractivity contribution in [3.63, 3.8) is 0 Å². The van der Waals surface area contributed by atoms with Crippen molar-refractivity contribution in [2.75, 3.05) is 46.9 Å². The van der Waals surface area contributed by atoms with Crippen LogP contribution in [0.3, 0.4) is 0 Å². The average molecular weight is 485 g/mol. The number of hydrogen-bond donors (Lipinski definition) is 1. The number of H-pyrrole nitrogens is 1. The number of thiophene rings is 1. The number of piperazine rings is 1. The zero-order valence-corrected chi connectivity index (χ0v) is 20.6. The summed E-state index contributed by atoms with van der Waals surface area (Å²) in [6.45, 7) is 10.3. The lowest BCUT2D eigenvalue weighted by Gasteiger charge is -2.36. The predicted molar refractivity (Wildman–Crippen MR) is 136 cm³/mol. The van der Waals surface area contributed by atoms with Gasteiger partial charge < -0.3 is 14.6 Å². The number of nitrogens with zero attached hydrogens (tertiary/aromatic N) is 3. The van der Waals surface area contributed by atoms with Crippen molar-refractivity contribution < 1.29 is 13.5 Å². The normalized spacial score (nSPS) is 17.4. The number of allylic oxidation sites excluding steroid dienone is 4. The van der Waals surface area contributed by atoms with E-state index in [1.807, 2.05) is 12.3 Å². The van der Waals surface area contributed by atoms with Crippen molar-refractivity contribution in [1.29, 1.82) is 0 Å². The summed E-state index contributed by atoms with van der Waals surface area (Å²) in [5.41, 5.74) is 2.85. The van der Waals surface area contributed by atoms with Crippen LogP contribution in [0.15, 0.2) is 61.0 Å². The molecule has 0 amide bonds. The Labute approximate surface area is 203 Å². The number of methoxy groups -OCH3 is 1. The summed E-state index contributed by atoms with van der Waals surface area (Å²) in [7, 11) is 3.52. The highest BCUT2D eigenvalue weighted by atomic mass is 32.1. The molecule has 0 bridgehead atoms. The van der Waals surface area contributed by atoms with Gasteiger partial charge >= 0.3 is 0 Å². The van der Waals surface area contributed by atoms with Gasteiger partial charge in [-0.25, -0.2) is 13.8 Å². The second-order valence-corrected chi connectivity index (χ2v) is 9.73. The van der Waals surface area contributed by atoms with Crippen LogP contribution in [0.1, 0.15) is 23.4 Å². The van der Waals surface area contributed by atoms with E-state index >= 15 is 0 Å². The lowest BCUT2D eigenvalue weighted by Crippen LogP contribution is -2.45. The van der Waals surface area contributed by atoms with Gasteiger partial charge in [0.2, 0.25) is 0 Å². The Balaban J connectivity index is 1.56. The average Bonchev–Trinajstić information content (AvgIpc) is 3.46. The van der Waals surface area contributed by atoms with Crippen LogP contribution >= 0.6 is 11.3 Å². The fourth-order valence-electron chi connectivity index (χ4n) is 4.14. The van der Waals surface area contributed by atoms with Gasteiger partial charge in [0.05, 0.1) is 6.61 Å². The number of rotatable bonds is 8. The third kappa shape index (κ3) is 5.52. The third-order valence-corrected chi connectivity index (χ3v) is 7.48. The maximum atomic E-state index is 14.2. The Bertz CT molecular complexity index is 1220. The highest BCUT2D eigenvalue weighted by molar-refractivity contribution is 7.15. The summed E-state index contributed by atoms with van der Waals surface area (Å²) in [5.74, 6) is -1.41. The Kier molecular flexibility index (Phi) is 7.73. The van der Waals surface area contributed by atoms with Gasteiger partial charge in [-0.15, -0.1) is 11.3 Å². The molecular weight excluding hydrogens is 454 g/mol. The van der Waals surface area contributed by atoms with E-state index in [0.29, 0.717) is 17.3 Å². The Morgan fingerprint density at radius 1 is 1.26 bits per heavy atom. The second-order valence-electron chi connectivity index (χ2n) is 8.62. The highest BCUT2D eigenvalue weighted by Crippen LogP contribution is 2.36. The number of halogens is 2. The first-order chi connectivity index (χ1) is 16.4. The number of aromatic amines is 1. The molecule has 3 aromatic rings. The van der Waals surface area contributed by atoms with E-state index in [0.717, 1.165) is 53.6 Å². The summed E-state index contributed by atoms with van der Waals surface area (Å²) in [6, 6.07) is 6.75. The minimum absolute atomic E-state index is 0.273. The van der Waals surface area contributed by atoms with E-state index < -0.39 is 11.7 Å². The minimum Gasteiger partial charge on any atom is -0.378 e. The first kappa shape index (κ1) is 24.5. The molecule has 3 aromatic heterocycles. The van der Waals surface area contributed by atoms with Gasteiger partial charge in [0, 0.05) is 84.1 Å². The van der Waals surface area contributed by atoms with Crippen LogP contribution in [0.25, 0.3) is 27.0 Å². The molecule has 1 saturated heterocycles. The topological polar surface area (TPSA) is 44.4 Å². The van der Waals surface area contributed by atoms with Gasteiger partial charge in [-0.2, -0.15) is 0 Å². The molecule has 1 fully saturated rings. The van der Waals surface area contributed by atoms with Crippen molar-refractivity contribution in [3.8, 4) is 10.4 Å². The molecule has 0 saturated carbocycles. The summed E-state index contributed by atoms with van der Waals surface area (Å²) < 4.78 is 32.4. The molecular formula is C26H30F2N4OS.